The third-order valence-corrected chi connectivity index (χ3v) is 3.43. The largest absolute Gasteiger partial charge is 0.382 e. The minimum absolute atomic E-state index is 0.0650. The Balaban J connectivity index is 1.84. The molecule has 2 heterocycles. The number of hydrogen-bond donors (Lipinski definition) is 1. The average molecular weight is 278 g/mol. The molecule has 1 aliphatic heterocycles. The van der Waals surface area contributed by atoms with Crippen molar-refractivity contribution < 1.29 is 4.79 Å². The molecule has 1 saturated heterocycles. The van der Waals surface area contributed by atoms with E-state index in [1.165, 1.54) is 0 Å². The van der Waals surface area contributed by atoms with Gasteiger partial charge in [0.2, 0.25) is 0 Å². The van der Waals surface area contributed by atoms with Crippen LogP contribution in [0.3, 0.4) is 0 Å². The van der Waals surface area contributed by atoms with Gasteiger partial charge in [0.25, 0.3) is 5.91 Å². The van der Waals surface area contributed by atoms with E-state index < -0.39 is 0 Å². The van der Waals surface area contributed by atoms with Gasteiger partial charge in [0.05, 0.1) is 0 Å². The number of carbonyl (C=O) groups is 1. The molecule has 7 nitrogen and oxygen atoms in total. The molecule has 110 valence electrons. The molecule has 1 amide bonds. The quantitative estimate of drug-likeness (QED) is 0.791. The lowest BCUT2D eigenvalue weighted by Gasteiger charge is -2.34. The predicted octanol–water partition coefficient (Wildman–Crippen LogP) is -0.622. The summed E-state index contributed by atoms with van der Waals surface area (Å²) in [5.41, 5.74) is 5.83. The van der Waals surface area contributed by atoms with Crippen molar-refractivity contribution in [2.75, 3.05) is 59.1 Å². The molecule has 2 rings (SSSR count). The van der Waals surface area contributed by atoms with E-state index in [0.717, 1.165) is 39.3 Å². The Morgan fingerprint density at radius 3 is 2.50 bits per heavy atom. The van der Waals surface area contributed by atoms with E-state index in [-0.39, 0.29) is 5.91 Å². The Morgan fingerprint density at radius 2 is 1.95 bits per heavy atom. The van der Waals surface area contributed by atoms with E-state index >= 15 is 0 Å². The highest BCUT2D eigenvalue weighted by Gasteiger charge is 2.22. The average Bonchev–Trinajstić information content (AvgIpc) is 2.46. The fourth-order valence-corrected chi connectivity index (χ4v) is 2.13. The van der Waals surface area contributed by atoms with Gasteiger partial charge in [0.15, 0.2) is 5.69 Å². The van der Waals surface area contributed by atoms with Gasteiger partial charge in [-0.3, -0.25) is 9.69 Å². The lowest BCUT2D eigenvalue weighted by atomic mass is 10.2. The lowest BCUT2D eigenvalue weighted by Crippen LogP contribution is -2.50. The lowest BCUT2D eigenvalue weighted by molar-refractivity contribution is 0.0623. The molecule has 0 radical (unpaired) electrons. The number of nitrogens with two attached hydrogens (primary N) is 1. The number of hydrogen-bond acceptors (Lipinski definition) is 6. The van der Waals surface area contributed by atoms with E-state index in [1.807, 2.05) is 4.90 Å². The Hall–Kier alpha value is -1.73. The van der Waals surface area contributed by atoms with Gasteiger partial charge in [-0.2, -0.15) is 0 Å². The van der Waals surface area contributed by atoms with E-state index in [9.17, 15) is 4.79 Å². The van der Waals surface area contributed by atoms with Gasteiger partial charge < -0.3 is 15.5 Å². The molecule has 1 aliphatic rings. The van der Waals surface area contributed by atoms with Crippen molar-refractivity contribution in [2.24, 2.45) is 0 Å². The highest BCUT2D eigenvalue weighted by molar-refractivity contribution is 5.92. The van der Waals surface area contributed by atoms with Gasteiger partial charge in [0.1, 0.15) is 5.82 Å². The fraction of sp³-hybridized carbons (Fsp3) is 0.615. The number of nitrogen functional groups attached to an aromatic ring is 1. The normalized spacial score (nSPS) is 16.6. The molecular formula is C13H22N6O. The summed E-state index contributed by atoms with van der Waals surface area (Å²) in [6.45, 7) is 5.36. The van der Waals surface area contributed by atoms with Crippen LogP contribution in [-0.2, 0) is 0 Å². The first-order chi connectivity index (χ1) is 9.56. The molecule has 1 aromatic rings. The van der Waals surface area contributed by atoms with Crippen molar-refractivity contribution in [3.63, 3.8) is 0 Å². The highest BCUT2D eigenvalue weighted by Crippen LogP contribution is 2.07. The summed E-state index contributed by atoms with van der Waals surface area (Å²) in [6, 6.07) is 3.23. The number of nitrogens with zero attached hydrogens (tertiary/aromatic N) is 5. The summed E-state index contributed by atoms with van der Waals surface area (Å²) in [5, 5.41) is 7.57. The summed E-state index contributed by atoms with van der Waals surface area (Å²) in [5.74, 6) is 0.264. The number of piperazine rings is 1. The molecule has 0 saturated carbocycles. The summed E-state index contributed by atoms with van der Waals surface area (Å²) < 4.78 is 0. The number of rotatable bonds is 4. The van der Waals surface area contributed by atoms with Gasteiger partial charge in [-0.05, 0) is 26.2 Å². The second-order valence-corrected chi connectivity index (χ2v) is 5.28. The summed E-state index contributed by atoms with van der Waals surface area (Å²) >= 11 is 0. The van der Waals surface area contributed by atoms with Gasteiger partial charge in [-0.15, -0.1) is 10.2 Å². The standard InChI is InChI=1S/C13H22N6O/c1-17(2)5-6-18-7-9-19(10-8-18)13(20)11-3-4-12(14)16-15-11/h3-4H,5-10H2,1-2H3,(H2,14,16). The number of anilines is 1. The first-order valence-corrected chi connectivity index (χ1v) is 6.82. The molecule has 20 heavy (non-hydrogen) atoms. The molecule has 0 unspecified atom stereocenters. The van der Waals surface area contributed by atoms with Crippen molar-refractivity contribution in [1.29, 1.82) is 0 Å². The topological polar surface area (TPSA) is 78.6 Å². The van der Waals surface area contributed by atoms with Crippen molar-refractivity contribution in [3.8, 4) is 0 Å². The van der Waals surface area contributed by atoms with Crippen molar-refractivity contribution in [3.05, 3.63) is 17.8 Å². The van der Waals surface area contributed by atoms with Crippen LogP contribution in [0.25, 0.3) is 0 Å². The molecule has 7 heteroatoms. The van der Waals surface area contributed by atoms with Crippen LogP contribution in [0.2, 0.25) is 0 Å². The number of likely N-dealkylation sites (N-methyl/N-ethyl adjacent to an activating group) is 1. The van der Waals surface area contributed by atoms with Gasteiger partial charge in [0, 0.05) is 39.3 Å². The van der Waals surface area contributed by atoms with E-state index in [0.29, 0.717) is 11.5 Å². The molecule has 1 aromatic heterocycles. The Morgan fingerprint density at radius 1 is 1.25 bits per heavy atom. The number of aromatic nitrogens is 2. The second kappa shape index (κ2) is 6.62. The van der Waals surface area contributed by atoms with Crippen molar-refractivity contribution >= 4 is 11.7 Å². The van der Waals surface area contributed by atoms with Gasteiger partial charge in [-0.25, -0.2) is 0 Å². The molecule has 0 aliphatic carbocycles. The summed E-state index contributed by atoms with van der Waals surface area (Å²) in [7, 11) is 4.14. The fourth-order valence-electron chi connectivity index (χ4n) is 2.13. The molecule has 0 bridgehead atoms. The third-order valence-electron chi connectivity index (χ3n) is 3.43. The maximum absolute atomic E-state index is 12.2. The van der Waals surface area contributed by atoms with E-state index in [2.05, 4.69) is 34.1 Å². The molecule has 1 fully saturated rings. The predicted molar refractivity (Wildman–Crippen MR) is 77.3 cm³/mol. The Bertz CT molecular complexity index is 439. The summed E-state index contributed by atoms with van der Waals surface area (Å²) in [4.78, 5) is 18.6. The van der Waals surface area contributed by atoms with Crippen molar-refractivity contribution in [1.82, 2.24) is 24.9 Å². The zero-order chi connectivity index (χ0) is 14.5. The zero-order valence-corrected chi connectivity index (χ0v) is 12.1. The SMILES string of the molecule is CN(C)CCN1CCN(C(=O)c2ccc(N)nn2)CC1. The zero-order valence-electron chi connectivity index (χ0n) is 12.1. The van der Waals surface area contributed by atoms with Crippen LogP contribution in [0.4, 0.5) is 5.82 Å². The van der Waals surface area contributed by atoms with E-state index in [1.54, 1.807) is 12.1 Å². The monoisotopic (exact) mass is 278 g/mol. The minimum Gasteiger partial charge on any atom is -0.382 e. The third kappa shape index (κ3) is 3.88. The second-order valence-electron chi connectivity index (χ2n) is 5.28. The Labute approximate surface area is 119 Å². The maximum Gasteiger partial charge on any atom is 0.274 e. The first kappa shape index (κ1) is 14.7. The van der Waals surface area contributed by atoms with Crippen LogP contribution in [0.1, 0.15) is 10.5 Å². The number of amides is 1. The van der Waals surface area contributed by atoms with Crippen LogP contribution >= 0.6 is 0 Å². The van der Waals surface area contributed by atoms with Gasteiger partial charge in [-0.1, -0.05) is 0 Å². The summed E-state index contributed by atoms with van der Waals surface area (Å²) in [6.07, 6.45) is 0. The van der Waals surface area contributed by atoms with Crippen LogP contribution in [0.5, 0.6) is 0 Å². The Kier molecular flexibility index (Phi) is 4.86. The van der Waals surface area contributed by atoms with Gasteiger partial charge >= 0.3 is 0 Å². The minimum atomic E-state index is -0.0650. The maximum atomic E-state index is 12.2. The van der Waals surface area contributed by atoms with Crippen molar-refractivity contribution in [2.45, 2.75) is 0 Å². The highest BCUT2D eigenvalue weighted by atomic mass is 16.2. The van der Waals surface area contributed by atoms with Crippen LogP contribution in [0, 0.1) is 0 Å². The molecule has 0 aromatic carbocycles. The van der Waals surface area contributed by atoms with Crippen LogP contribution < -0.4 is 5.73 Å². The van der Waals surface area contributed by atoms with Crippen LogP contribution in [0.15, 0.2) is 12.1 Å². The van der Waals surface area contributed by atoms with Crippen LogP contribution in [-0.4, -0.2) is 84.2 Å². The van der Waals surface area contributed by atoms with E-state index in [4.69, 9.17) is 5.73 Å². The first-order valence-electron chi connectivity index (χ1n) is 6.82. The molecular weight excluding hydrogens is 256 g/mol. The number of carbonyl (C=O) groups excluding carboxylic acids is 1. The molecule has 0 atom stereocenters. The smallest absolute Gasteiger partial charge is 0.274 e. The molecule has 2 N–H and O–H groups in total. The molecule has 0 spiro atoms.